The third-order valence-corrected chi connectivity index (χ3v) is 5.75. The monoisotopic (exact) mass is 458 g/mol. The van der Waals surface area contributed by atoms with Gasteiger partial charge in [0, 0.05) is 11.0 Å². The number of nitriles is 1. The maximum absolute atomic E-state index is 13.2. The molecule has 1 amide bonds. The molecule has 0 aliphatic carbocycles. The number of rotatable bonds is 5. The maximum Gasteiger partial charge on any atom is 0.318 e. The van der Waals surface area contributed by atoms with E-state index in [4.69, 9.17) is 4.74 Å². The molecule has 1 N–H and O–H groups in total. The van der Waals surface area contributed by atoms with E-state index in [9.17, 15) is 14.9 Å². The van der Waals surface area contributed by atoms with E-state index in [1.165, 1.54) is 7.11 Å². The van der Waals surface area contributed by atoms with Crippen molar-refractivity contribution in [3.8, 4) is 17.3 Å². The van der Waals surface area contributed by atoms with Crippen LogP contribution in [0.3, 0.4) is 0 Å². The summed E-state index contributed by atoms with van der Waals surface area (Å²) in [6, 6.07) is 9.67. The first-order valence-electron chi connectivity index (χ1n) is 9.44. The molecule has 2 heterocycles. The molecule has 1 aliphatic heterocycles. The molecule has 0 radical (unpaired) electrons. The molecule has 1 fully saturated rings. The topological polar surface area (TPSA) is 99.1 Å². The van der Waals surface area contributed by atoms with Crippen molar-refractivity contribution in [1.29, 1.82) is 5.26 Å². The molecule has 0 bridgehead atoms. The molecule has 1 aromatic heterocycles. The Bertz CT molecular complexity index is 932. The highest BCUT2D eigenvalue weighted by molar-refractivity contribution is 9.10. The molecule has 3 atom stereocenters. The minimum absolute atomic E-state index is 0.216. The molecule has 1 saturated heterocycles. The first-order chi connectivity index (χ1) is 13.8. The highest BCUT2D eigenvalue weighted by atomic mass is 79.9. The van der Waals surface area contributed by atoms with E-state index in [0.717, 1.165) is 15.7 Å². The number of ether oxygens (including phenoxy) is 1. The molecule has 29 heavy (non-hydrogen) atoms. The normalized spacial score (nSPS) is 19.8. The highest BCUT2D eigenvalue weighted by Crippen LogP contribution is 2.36. The number of benzene rings is 1. The molecule has 8 heteroatoms. The first-order valence-corrected chi connectivity index (χ1v) is 10.2. The van der Waals surface area contributed by atoms with E-state index < -0.39 is 11.9 Å². The fourth-order valence-corrected chi connectivity index (χ4v) is 3.94. The maximum atomic E-state index is 13.2. The largest absolute Gasteiger partial charge is 0.468 e. The van der Waals surface area contributed by atoms with Crippen LogP contribution in [-0.4, -0.2) is 40.4 Å². The van der Waals surface area contributed by atoms with Crippen LogP contribution in [0, 0.1) is 29.1 Å². The molecule has 3 rings (SSSR count). The van der Waals surface area contributed by atoms with Crippen LogP contribution in [0.5, 0.6) is 0 Å². The van der Waals surface area contributed by atoms with E-state index in [0.29, 0.717) is 12.2 Å². The summed E-state index contributed by atoms with van der Waals surface area (Å²) >= 11 is 3.42. The lowest BCUT2D eigenvalue weighted by molar-refractivity contribution is -0.156. The van der Waals surface area contributed by atoms with Gasteiger partial charge in [0.25, 0.3) is 0 Å². The van der Waals surface area contributed by atoms with Crippen molar-refractivity contribution in [3.63, 3.8) is 0 Å². The second-order valence-corrected chi connectivity index (χ2v) is 8.42. The highest BCUT2D eigenvalue weighted by Gasteiger charge is 2.43. The number of nitrogens with zero attached hydrogens (tertiary/aromatic N) is 3. The van der Waals surface area contributed by atoms with Crippen LogP contribution in [-0.2, 0) is 14.3 Å². The quantitative estimate of drug-likeness (QED) is 0.543. The Morgan fingerprint density at radius 2 is 2.03 bits per heavy atom. The Morgan fingerprint density at radius 1 is 1.34 bits per heavy atom. The summed E-state index contributed by atoms with van der Waals surface area (Å²) in [5, 5.41) is 9.43. The number of carbonyl (C=O) groups excluding carboxylic acids is 2. The van der Waals surface area contributed by atoms with E-state index in [-0.39, 0.29) is 30.3 Å². The summed E-state index contributed by atoms with van der Waals surface area (Å²) in [6.07, 6.45) is 2.20. The predicted molar refractivity (Wildman–Crippen MR) is 110 cm³/mol. The second-order valence-electron chi connectivity index (χ2n) is 7.50. The number of carbonyl (C=O) groups is 2. The Hall–Kier alpha value is -2.66. The smallest absolute Gasteiger partial charge is 0.318 e. The Labute approximate surface area is 178 Å². The molecule has 152 valence electrons. The molecular weight excluding hydrogens is 436 g/mol. The van der Waals surface area contributed by atoms with Crippen molar-refractivity contribution in [3.05, 3.63) is 40.8 Å². The first kappa shape index (κ1) is 21.1. The van der Waals surface area contributed by atoms with Gasteiger partial charge < -0.3 is 14.6 Å². The minimum Gasteiger partial charge on any atom is -0.468 e. The third-order valence-electron chi connectivity index (χ3n) is 5.22. The zero-order chi connectivity index (χ0) is 21.1. The molecule has 2 aromatic rings. The lowest BCUT2D eigenvalue weighted by Crippen LogP contribution is -2.42. The van der Waals surface area contributed by atoms with Crippen molar-refractivity contribution in [2.24, 2.45) is 17.8 Å². The average molecular weight is 459 g/mol. The van der Waals surface area contributed by atoms with E-state index in [1.807, 2.05) is 38.1 Å². The lowest BCUT2D eigenvalue weighted by Gasteiger charge is -2.28. The number of hydrogen-bond donors (Lipinski definition) is 1. The predicted octanol–water partition coefficient (Wildman–Crippen LogP) is 3.70. The Morgan fingerprint density at radius 3 is 2.62 bits per heavy atom. The number of imidazole rings is 1. The van der Waals surface area contributed by atoms with Gasteiger partial charge in [0.1, 0.15) is 11.7 Å². The SMILES string of the molecule is COC(=O)C(C(=O)N1CC(C#N)CC1c1ncc(-c2ccc(Br)cc2)[nH]1)C(C)C. The number of aromatic nitrogens is 2. The van der Waals surface area contributed by atoms with Crippen LogP contribution < -0.4 is 0 Å². The van der Waals surface area contributed by atoms with Gasteiger partial charge in [-0.1, -0.05) is 41.9 Å². The number of methoxy groups -OCH3 is 1. The standard InChI is InChI=1S/C21H23BrN4O3/c1-12(2)18(21(28)29-3)20(27)26-11-13(9-23)8-17(26)19-24-10-16(25-19)14-4-6-15(22)7-5-14/h4-7,10,12-13,17-18H,8,11H2,1-3H3,(H,24,25). The number of likely N-dealkylation sites (tertiary alicyclic amines) is 1. The van der Waals surface area contributed by atoms with Gasteiger partial charge in [0.15, 0.2) is 0 Å². The third kappa shape index (κ3) is 4.35. The van der Waals surface area contributed by atoms with Crippen LogP contribution in [0.25, 0.3) is 11.3 Å². The van der Waals surface area contributed by atoms with E-state index >= 15 is 0 Å². The zero-order valence-corrected chi connectivity index (χ0v) is 18.1. The van der Waals surface area contributed by atoms with Gasteiger partial charge >= 0.3 is 5.97 Å². The molecule has 7 nitrogen and oxygen atoms in total. The molecule has 0 saturated carbocycles. The molecule has 3 unspecified atom stereocenters. The summed E-state index contributed by atoms with van der Waals surface area (Å²) in [6.45, 7) is 3.89. The number of nitrogens with one attached hydrogen (secondary N) is 1. The van der Waals surface area contributed by atoms with Crippen LogP contribution in [0.4, 0.5) is 0 Å². The fraction of sp³-hybridized carbons (Fsp3) is 0.429. The average Bonchev–Trinajstić information content (AvgIpc) is 3.35. The lowest BCUT2D eigenvalue weighted by atomic mass is 9.94. The summed E-state index contributed by atoms with van der Waals surface area (Å²) in [5.74, 6) is -1.69. The van der Waals surface area contributed by atoms with Crippen LogP contribution >= 0.6 is 15.9 Å². The van der Waals surface area contributed by atoms with E-state index in [1.54, 1.807) is 11.1 Å². The summed E-state index contributed by atoms with van der Waals surface area (Å²) in [5.41, 5.74) is 1.79. The van der Waals surface area contributed by atoms with Crippen molar-refractivity contribution in [1.82, 2.24) is 14.9 Å². The van der Waals surface area contributed by atoms with Crippen molar-refractivity contribution in [2.75, 3.05) is 13.7 Å². The van der Waals surface area contributed by atoms with Crippen LogP contribution in [0.2, 0.25) is 0 Å². The fourth-order valence-electron chi connectivity index (χ4n) is 3.68. The van der Waals surface area contributed by atoms with Gasteiger partial charge in [-0.3, -0.25) is 9.59 Å². The molecule has 1 aromatic carbocycles. The second kappa shape index (κ2) is 8.78. The van der Waals surface area contributed by atoms with E-state index in [2.05, 4.69) is 32.0 Å². The van der Waals surface area contributed by atoms with Crippen molar-refractivity contribution in [2.45, 2.75) is 26.3 Å². The summed E-state index contributed by atoms with van der Waals surface area (Å²) in [4.78, 5) is 34.8. The van der Waals surface area contributed by atoms with Gasteiger partial charge in [-0.25, -0.2) is 4.98 Å². The number of halogens is 1. The van der Waals surface area contributed by atoms with Crippen molar-refractivity contribution < 1.29 is 14.3 Å². The number of amides is 1. The number of esters is 1. The van der Waals surface area contributed by atoms with Crippen molar-refractivity contribution >= 4 is 27.8 Å². The molecule has 1 aliphatic rings. The molecule has 0 spiro atoms. The van der Waals surface area contributed by atoms with Gasteiger partial charge in [-0.15, -0.1) is 0 Å². The zero-order valence-electron chi connectivity index (χ0n) is 16.6. The van der Waals surface area contributed by atoms with Gasteiger partial charge in [0.2, 0.25) is 5.91 Å². The van der Waals surface area contributed by atoms with Gasteiger partial charge in [-0.2, -0.15) is 5.26 Å². The van der Waals surface area contributed by atoms with Gasteiger partial charge in [-0.05, 0) is 30.0 Å². The summed E-state index contributed by atoms with van der Waals surface area (Å²) < 4.78 is 5.82. The number of aromatic amines is 1. The Kier molecular flexibility index (Phi) is 6.38. The van der Waals surface area contributed by atoms with Crippen LogP contribution in [0.15, 0.2) is 34.9 Å². The minimum atomic E-state index is -0.902. The Balaban J connectivity index is 1.90. The number of H-pyrrole nitrogens is 1. The van der Waals surface area contributed by atoms with Crippen LogP contribution in [0.1, 0.15) is 32.1 Å². The number of hydrogen-bond acceptors (Lipinski definition) is 5. The summed E-state index contributed by atoms with van der Waals surface area (Å²) in [7, 11) is 1.28. The van der Waals surface area contributed by atoms with Gasteiger partial charge in [0.05, 0.1) is 37.0 Å². The molecular formula is C21H23BrN4O3.